The van der Waals surface area contributed by atoms with Crippen LogP contribution in [0.1, 0.15) is 33.1 Å². The van der Waals surface area contributed by atoms with E-state index in [2.05, 4.69) is 0 Å². The molecule has 1 atom stereocenters. The number of nitrogens with zero attached hydrogens (tertiary/aromatic N) is 1. The second-order valence-corrected chi connectivity index (χ2v) is 6.29. The van der Waals surface area contributed by atoms with Crippen molar-refractivity contribution in [3.8, 4) is 0 Å². The molecule has 0 aromatic heterocycles. The number of thioether (sulfide) groups is 1. The summed E-state index contributed by atoms with van der Waals surface area (Å²) in [5, 5.41) is 9.56. The topological polar surface area (TPSA) is 57.6 Å². The Morgan fingerprint density at radius 2 is 2.11 bits per heavy atom. The van der Waals surface area contributed by atoms with Crippen molar-refractivity contribution in [3.63, 3.8) is 0 Å². The minimum atomic E-state index is -0.802. The first-order valence-corrected chi connectivity index (χ1v) is 7.94. The van der Waals surface area contributed by atoms with Gasteiger partial charge < -0.3 is 10.0 Å². The number of hydrogen-bond donors (Lipinski definition) is 1. The number of carbonyl (C=O) groups is 2. The Bertz CT molecular complexity index is 377. The van der Waals surface area contributed by atoms with Gasteiger partial charge in [0.2, 0.25) is 5.91 Å². The number of hydrogen-bond acceptors (Lipinski definition) is 3. The zero-order valence-electron chi connectivity index (χ0n) is 11.9. The van der Waals surface area contributed by atoms with E-state index in [4.69, 9.17) is 0 Å². The van der Waals surface area contributed by atoms with Crippen LogP contribution in [0.4, 0.5) is 0 Å². The molecule has 0 spiro atoms. The molecule has 19 heavy (non-hydrogen) atoms. The summed E-state index contributed by atoms with van der Waals surface area (Å²) < 4.78 is 0. The first-order valence-electron chi connectivity index (χ1n) is 6.55. The molecule has 0 saturated carbocycles. The number of piperidine rings is 1. The molecular weight excluding hydrogens is 262 g/mol. The van der Waals surface area contributed by atoms with Crippen LogP contribution >= 0.6 is 11.8 Å². The van der Waals surface area contributed by atoms with Crippen LogP contribution in [0.5, 0.6) is 0 Å². The smallest absolute Gasteiger partial charge is 0.311 e. The van der Waals surface area contributed by atoms with Crippen LogP contribution in [0.2, 0.25) is 0 Å². The van der Waals surface area contributed by atoms with Gasteiger partial charge in [-0.15, -0.1) is 0 Å². The molecule has 1 aliphatic rings. The first-order chi connectivity index (χ1) is 8.91. The molecule has 1 rings (SSSR count). The van der Waals surface area contributed by atoms with Crippen LogP contribution in [0.15, 0.2) is 11.6 Å². The van der Waals surface area contributed by atoms with Crippen molar-refractivity contribution >= 4 is 23.6 Å². The summed E-state index contributed by atoms with van der Waals surface area (Å²) >= 11 is 1.48. The summed E-state index contributed by atoms with van der Waals surface area (Å²) in [4.78, 5) is 25.3. The summed E-state index contributed by atoms with van der Waals surface area (Å²) in [6, 6.07) is 0. The Balaban J connectivity index is 2.84. The molecule has 108 valence electrons. The lowest BCUT2D eigenvalue weighted by Crippen LogP contribution is -2.50. The molecule has 0 aromatic carbocycles. The first kappa shape index (κ1) is 16.1. The average Bonchev–Trinajstić information content (AvgIpc) is 2.36. The monoisotopic (exact) mass is 285 g/mol. The minimum absolute atomic E-state index is 0.0509. The predicted octanol–water partition coefficient (Wildman–Crippen LogP) is 2.40. The van der Waals surface area contributed by atoms with Crippen molar-refractivity contribution in [1.29, 1.82) is 0 Å². The van der Waals surface area contributed by atoms with Gasteiger partial charge in [-0.1, -0.05) is 11.6 Å². The van der Waals surface area contributed by atoms with Crippen LogP contribution < -0.4 is 0 Å². The van der Waals surface area contributed by atoms with Gasteiger partial charge in [0.1, 0.15) is 0 Å². The Hall–Kier alpha value is -0.970. The molecule has 1 amide bonds. The van der Waals surface area contributed by atoms with E-state index in [1.807, 2.05) is 26.2 Å². The zero-order valence-corrected chi connectivity index (χ0v) is 12.8. The van der Waals surface area contributed by atoms with Crippen LogP contribution in [-0.4, -0.2) is 47.0 Å². The van der Waals surface area contributed by atoms with Crippen LogP contribution in [0, 0.1) is 5.41 Å². The van der Waals surface area contributed by atoms with E-state index >= 15 is 0 Å². The van der Waals surface area contributed by atoms with Crippen LogP contribution in [-0.2, 0) is 9.59 Å². The lowest BCUT2D eigenvalue weighted by atomic mass is 9.76. The molecule has 0 bridgehead atoms. The van der Waals surface area contributed by atoms with Crippen LogP contribution in [0.25, 0.3) is 0 Å². The highest BCUT2D eigenvalue weighted by Crippen LogP contribution is 2.35. The van der Waals surface area contributed by atoms with E-state index in [9.17, 15) is 14.7 Å². The second kappa shape index (κ2) is 6.98. The number of rotatable bonds is 5. The molecular formula is C14H23NO3S. The van der Waals surface area contributed by atoms with E-state index in [0.717, 1.165) is 12.0 Å². The van der Waals surface area contributed by atoms with Crippen molar-refractivity contribution in [3.05, 3.63) is 11.6 Å². The van der Waals surface area contributed by atoms with Crippen molar-refractivity contribution in [2.75, 3.05) is 25.1 Å². The second-order valence-electron chi connectivity index (χ2n) is 5.42. The van der Waals surface area contributed by atoms with E-state index in [1.54, 1.807) is 4.90 Å². The number of aliphatic carboxylic acids is 1. The molecule has 1 heterocycles. The molecule has 0 aromatic rings. The highest BCUT2D eigenvalue weighted by molar-refractivity contribution is 7.99. The van der Waals surface area contributed by atoms with Gasteiger partial charge in [0, 0.05) is 13.1 Å². The Morgan fingerprint density at radius 1 is 1.42 bits per heavy atom. The third-order valence-corrected chi connectivity index (χ3v) is 4.09. The molecule has 4 nitrogen and oxygen atoms in total. The Kier molecular flexibility index (Phi) is 5.91. The number of allylic oxidation sites excluding steroid dienone is 2. The van der Waals surface area contributed by atoms with Crippen LogP contribution in [0.3, 0.4) is 0 Å². The Labute approximate surface area is 119 Å². The average molecular weight is 285 g/mol. The van der Waals surface area contributed by atoms with Gasteiger partial charge in [-0.05, 0) is 39.4 Å². The number of likely N-dealkylation sites (tertiary alicyclic amines) is 1. The summed E-state index contributed by atoms with van der Waals surface area (Å²) in [7, 11) is 0. The summed E-state index contributed by atoms with van der Waals surface area (Å²) in [5.41, 5.74) is 0.317. The lowest BCUT2D eigenvalue weighted by molar-refractivity contribution is -0.154. The largest absolute Gasteiger partial charge is 0.481 e. The maximum Gasteiger partial charge on any atom is 0.311 e. The molecule has 5 heteroatoms. The third-order valence-electron chi connectivity index (χ3n) is 3.55. The van der Waals surface area contributed by atoms with Crippen molar-refractivity contribution in [2.24, 2.45) is 5.41 Å². The fraction of sp³-hybridized carbons (Fsp3) is 0.714. The standard InChI is InChI=1S/C14H23NO3S/c1-11(2)5-7-14(13(17)18)6-4-8-15(10-14)12(16)9-19-3/h5H,4,6-10H2,1-3H3,(H,17,18). The number of amides is 1. The molecule has 0 aliphatic carbocycles. The van der Waals surface area contributed by atoms with Gasteiger partial charge in [0.05, 0.1) is 11.2 Å². The van der Waals surface area contributed by atoms with Crippen molar-refractivity contribution in [1.82, 2.24) is 4.90 Å². The molecule has 1 fully saturated rings. The summed E-state index contributed by atoms with van der Waals surface area (Å²) in [6.07, 6.45) is 5.78. The minimum Gasteiger partial charge on any atom is -0.481 e. The predicted molar refractivity (Wildman–Crippen MR) is 78.3 cm³/mol. The van der Waals surface area contributed by atoms with Crippen molar-refractivity contribution in [2.45, 2.75) is 33.1 Å². The fourth-order valence-corrected chi connectivity index (χ4v) is 2.82. The highest BCUT2D eigenvalue weighted by Gasteiger charge is 2.42. The molecule has 1 unspecified atom stereocenters. The third kappa shape index (κ3) is 4.27. The lowest BCUT2D eigenvalue weighted by Gasteiger charge is -2.39. The fourth-order valence-electron chi connectivity index (χ4n) is 2.39. The quantitative estimate of drug-likeness (QED) is 0.788. The van der Waals surface area contributed by atoms with Gasteiger partial charge in [0.25, 0.3) is 0 Å². The summed E-state index contributed by atoms with van der Waals surface area (Å²) in [5.74, 6) is -0.306. The normalized spacial score (nSPS) is 23.0. The molecule has 1 saturated heterocycles. The number of carboxylic acid groups (broad SMARTS) is 1. The van der Waals surface area contributed by atoms with Gasteiger partial charge in [-0.3, -0.25) is 9.59 Å². The van der Waals surface area contributed by atoms with Gasteiger partial charge in [0.15, 0.2) is 0 Å². The Morgan fingerprint density at radius 3 is 2.63 bits per heavy atom. The van der Waals surface area contributed by atoms with E-state index in [-0.39, 0.29) is 5.91 Å². The van der Waals surface area contributed by atoms with E-state index in [1.165, 1.54) is 11.8 Å². The van der Waals surface area contributed by atoms with Crippen molar-refractivity contribution < 1.29 is 14.7 Å². The zero-order chi connectivity index (χ0) is 14.5. The highest BCUT2D eigenvalue weighted by atomic mass is 32.2. The maximum absolute atomic E-state index is 11.9. The molecule has 1 aliphatic heterocycles. The molecule has 0 radical (unpaired) electrons. The van der Waals surface area contributed by atoms with Gasteiger partial charge >= 0.3 is 5.97 Å². The SMILES string of the molecule is CSCC(=O)N1CCCC(CC=C(C)C)(C(=O)O)C1. The maximum atomic E-state index is 11.9. The number of carbonyl (C=O) groups excluding carboxylic acids is 1. The van der Waals surface area contributed by atoms with Gasteiger partial charge in [-0.25, -0.2) is 0 Å². The summed E-state index contributed by atoms with van der Waals surface area (Å²) in [6.45, 7) is 4.96. The molecule has 1 N–H and O–H groups in total. The van der Waals surface area contributed by atoms with E-state index in [0.29, 0.717) is 31.7 Å². The number of carboxylic acids is 1. The van der Waals surface area contributed by atoms with E-state index < -0.39 is 11.4 Å². The van der Waals surface area contributed by atoms with Gasteiger partial charge in [-0.2, -0.15) is 11.8 Å².